The van der Waals surface area contributed by atoms with Gasteiger partial charge in [0, 0.05) is 10.9 Å². The van der Waals surface area contributed by atoms with E-state index in [1.165, 1.54) is 11.8 Å². The molecule has 2 saturated heterocycles. The second-order valence-corrected chi connectivity index (χ2v) is 10.3. The Morgan fingerprint density at radius 1 is 1.15 bits per heavy atom. The summed E-state index contributed by atoms with van der Waals surface area (Å²) in [5.74, 6) is 0.0216. The van der Waals surface area contributed by atoms with Gasteiger partial charge in [0.15, 0.2) is 15.0 Å². The van der Waals surface area contributed by atoms with Gasteiger partial charge in [0.25, 0.3) is 5.91 Å². The summed E-state index contributed by atoms with van der Waals surface area (Å²) in [5.41, 5.74) is 2.91. The van der Waals surface area contributed by atoms with Crippen molar-refractivity contribution in [3.8, 4) is 0 Å². The predicted molar refractivity (Wildman–Crippen MR) is 110 cm³/mol. The normalized spacial score (nSPS) is 24.9. The number of hydrogen-bond donors (Lipinski definition) is 0. The molecule has 0 N–H and O–H groups in total. The first kappa shape index (κ1) is 18.3. The van der Waals surface area contributed by atoms with Crippen molar-refractivity contribution < 1.29 is 13.2 Å². The van der Waals surface area contributed by atoms with Crippen LogP contribution < -0.4 is 4.90 Å². The molecule has 140 valence electrons. The van der Waals surface area contributed by atoms with Gasteiger partial charge in [-0.3, -0.25) is 4.79 Å². The molecule has 2 fully saturated rings. The Morgan fingerprint density at radius 2 is 1.93 bits per heavy atom. The lowest BCUT2D eigenvalue weighted by Crippen LogP contribution is -2.37. The number of sulfone groups is 1. The first-order valence-electron chi connectivity index (χ1n) is 8.80. The quantitative estimate of drug-likeness (QED) is 0.793. The Bertz CT molecular complexity index is 1000. The Labute approximate surface area is 163 Å². The van der Waals surface area contributed by atoms with Crippen LogP contribution >= 0.6 is 11.8 Å². The van der Waals surface area contributed by atoms with E-state index in [1.54, 1.807) is 0 Å². The largest absolute Gasteiger partial charge is 0.316 e. The number of anilines is 1. The van der Waals surface area contributed by atoms with E-state index in [0.29, 0.717) is 5.17 Å². The molecule has 0 spiro atoms. The lowest BCUT2D eigenvalue weighted by atomic mass is 10.1. The number of amidine groups is 1. The van der Waals surface area contributed by atoms with E-state index in [1.807, 2.05) is 66.4 Å². The summed E-state index contributed by atoms with van der Waals surface area (Å²) in [6, 6.07) is 17.2. The molecule has 0 radical (unpaired) electrons. The topological polar surface area (TPSA) is 66.8 Å². The van der Waals surface area contributed by atoms with E-state index >= 15 is 0 Å². The highest BCUT2D eigenvalue weighted by Crippen LogP contribution is 2.40. The Balaban J connectivity index is 1.62. The molecule has 2 atom stereocenters. The Hall–Kier alpha value is -2.12. The minimum absolute atomic E-state index is 0.0827. The number of nitrogens with zero attached hydrogens (tertiary/aromatic N) is 2. The molecule has 27 heavy (non-hydrogen) atoms. The summed E-state index contributed by atoms with van der Waals surface area (Å²) in [6.07, 6.45) is 0.238. The lowest BCUT2D eigenvalue weighted by molar-refractivity contribution is -0.117. The van der Waals surface area contributed by atoms with Gasteiger partial charge in [0.2, 0.25) is 0 Å². The molecule has 0 aliphatic carbocycles. The highest BCUT2D eigenvalue weighted by molar-refractivity contribution is 8.16. The van der Waals surface area contributed by atoms with Crippen LogP contribution in [0.25, 0.3) is 0 Å². The maximum absolute atomic E-state index is 12.6. The fourth-order valence-corrected chi connectivity index (χ4v) is 7.53. The fourth-order valence-electron chi connectivity index (χ4n) is 3.60. The number of aliphatic imine (C=N–C) groups is 1. The first-order valence-corrected chi connectivity index (χ1v) is 11.5. The standard InChI is InChI=1S/C20H20N2O3S2/c1-14-6-5-7-15(10-14)11-19(23)21-20-22(16-8-3-2-4-9-16)17-12-27(24,25)13-18(17)26-20/h2-10,17-18H,11-13H2,1H3/t17-,18+/m1/s1. The summed E-state index contributed by atoms with van der Waals surface area (Å²) >= 11 is 1.40. The van der Waals surface area contributed by atoms with E-state index in [9.17, 15) is 13.2 Å². The summed E-state index contributed by atoms with van der Waals surface area (Å²) in [7, 11) is -3.05. The van der Waals surface area contributed by atoms with Gasteiger partial charge in [-0.05, 0) is 24.6 Å². The zero-order valence-corrected chi connectivity index (χ0v) is 16.5. The van der Waals surface area contributed by atoms with Crippen molar-refractivity contribution in [1.82, 2.24) is 0 Å². The number of benzene rings is 2. The summed E-state index contributed by atoms with van der Waals surface area (Å²) in [5, 5.41) is 0.518. The zero-order valence-electron chi connectivity index (χ0n) is 14.9. The van der Waals surface area contributed by atoms with Crippen molar-refractivity contribution in [2.75, 3.05) is 16.4 Å². The number of para-hydroxylation sites is 1. The SMILES string of the molecule is Cc1cccc(CC(=O)N=C2S[C@H]3CS(=O)(=O)C[C@H]3N2c2ccccc2)c1. The van der Waals surface area contributed by atoms with E-state index in [2.05, 4.69) is 4.99 Å². The number of aryl methyl sites for hydroxylation is 1. The number of carbonyl (C=O) groups excluding carboxylic acids is 1. The number of hydrogen-bond acceptors (Lipinski definition) is 4. The molecule has 2 aromatic carbocycles. The average Bonchev–Trinajstić information content (AvgIpc) is 3.06. The van der Waals surface area contributed by atoms with Crippen molar-refractivity contribution >= 4 is 38.4 Å². The molecule has 2 aliphatic heterocycles. The van der Waals surface area contributed by atoms with Crippen molar-refractivity contribution in [1.29, 1.82) is 0 Å². The molecule has 1 amide bonds. The van der Waals surface area contributed by atoms with Crippen LogP contribution in [0.2, 0.25) is 0 Å². The van der Waals surface area contributed by atoms with Crippen LogP contribution in [0.1, 0.15) is 11.1 Å². The minimum atomic E-state index is -3.05. The zero-order chi connectivity index (χ0) is 19.0. The smallest absolute Gasteiger partial charge is 0.252 e. The molecule has 2 aromatic rings. The van der Waals surface area contributed by atoms with Crippen LogP contribution in [0.15, 0.2) is 59.6 Å². The lowest BCUT2D eigenvalue weighted by Gasteiger charge is -2.24. The molecular weight excluding hydrogens is 380 g/mol. The monoisotopic (exact) mass is 400 g/mol. The van der Waals surface area contributed by atoms with Gasteiger partial charge >= 0.3 is 0 Å². The van der Waals surface area contributed by atoms with Crippen LogP contribution in [-0.2, 0) is 21.1 Å². The van der Waals surface area contributed by atoms with E-state index in [-0.39, 0.29) is 35.1 Å². The minimum Gasteiger partial charge on any atom is -0.316 e. The van der Waals surface area contributed by atoms with Gasteiger partial charge in [-0.15, -0.1) is 0 Å². The Morgan fingerprint density at radius 3 is 2.67 bits per heavy atom. The molecule has 2 heterocycles. The van der Waals surface area contributed by atoms with Crippen molar-refractivity contribution in [3.05, 3.63) is 65.7 Å². The second kappa shape index (κ2) is 7.13. The van der Waals surface area contributed by atoms with Crippen LogP contribution in [0.5, 0.6) is 0 Å². The molecule has 0 aromatic heterocycles. The van der Waals surface area contributed by atoms with Crippen molar-refractivity contribution in [3.63, 3.8) is 0 Å². The summed E-state index contributed by atoms with van der Waals surface area (Å²) in [6.45, 7) is 1.99. The number of carbonyl (C=O) groups is 1. The first-order chi connectivity index (χ1) is 12.9. The maximum atomic E-state index is 12.6. The summed E-state index contributed by atoms with van der Waals surface area (Å²) < 4.78 is 24.2. The molecule has 2 aliphatic rings. The van der Waals surface area contributed by atoms with E-state index < -0.39 is 9.84 Å². The molecule has 5 nitrogen and oxygen atoms in total. The Kier molecular flexibility index (Phi) is 4.82. The van der Waals surface area contributed by atoms with Gasteiger partial charge in [-0.25, -0.2) is 8.42 Å². The maximum Gasteiger partial charge on any atom is 0.252 e. The van der Waals surface area contributed by atoms with E-state index in [4.69, 9.17) is 0 Å². The van der Waals surface area contributed by atoms with Gasteiger partial charge in [-0.2, -0.15) is 4.99 Å². The molecule has 0 saturated carbocycles. The second-order valence-electron chi connectivity index (χ2n) is 6.96. The molecular formula is C20H20N2O3S2. The number of amides is 1. The molecule has 4 rings (SSSR count). The fraction of sp³-hybridized carbons (Fsp3) is 0.300. The van der Waals surface area contributed by atoms with Crippen LogP contribution in [0, 0.1) is 6.92 Å². The third kappa shape index (κ3) is 3.94. The van der Waals surface area contributed by atoms with Crippen molar-refractivity contribution in [2.45, 2.75) is 24.6 Å². The number of fused-ring (bicyclic) bond motifs is 1. The van der Waals surface area contributed by atoms with Gasteiger partial charge in [0.05, 0.1) is 24.0 Å². The van der Waals surface area contributed by atoms with Crippen LogP contribution in [0.3, 0.4) is 0 Å². The molecule has 0 bridgehead atoms. The van der Waals surface area contributed by atoms with Gasteiger partial charge in [-0.1, -0.05) is 59.8 Å². The average molecular weight is 401 g/mol. The van der Waals surface area contributed by atoms with E-state index in [0.717, 1.165) is 16.8 Å². The van der Waals surface area contributed by atoms with Gasteiger partial charge in [0.1, 0.15) is 0 Å². The van der Waals surface area contributed by atoms with Crippen LogP contribution in [0.4, 0.5) is 5.69 Å². The van der Waals surface area contributed by atoms with Crippen molar-refractivity contribution in [2.24, 2.45) is 4.99 Å². The third-order valence-corrected chi connectivity index (χ3v) is 7.97. The summed E-state index contributed by atoms with van der Waals surface area (Å²) in [4.78, 5) is 18.8. The third-order valence-electron chi connectivity index (χ3n) is 4.76. The van der Waals surface area contributed by atoms with Gasteiger partial charge < -0.3 is 4.90 Å². The number of thioether (sulfide) groups is 1. The highest BCUT2D eigenvalue weighted by atomic mass is 32.2. The predicted octanol–water partition coefficient (Wildman–Crippen LogP) is 2.84. The highest BCUT2D eigenvalue weighted by Gasteiger charge is 2.49. The molecule has 0 unspecified atom stereocenters. The number of rotatable bonds is 3. The van der Waals surface area contributed by atoms with Crippen LogP contribution in [-0.4, -0.2) is 42.3 Å². The molecule has 7 heteroatoms.